The van der Waals surface area contributed by atoms with Crippen LogP contribution < -0.4 is 15.2 Å². The van der Waals surface area contributed by atoms with E-state index in [0.29, 0.717) is 34.7 Å². The molecule has 0 radical (unpaired) electrons. The van der Waals surface area contributed by atoms with Gasteiger partial charge in [0.15, 0.2) is 5.75 Å². The van der Waals surface area contributed by atoms with Gasteiger partial charge in [-0.25, -0.2) is 4.98 Å². The summed E-state index contributed by atoms with van der Waals surface area (Å²) in [6, 6.07) is 7.52. The molecule has 156 valence electrons. The second-order valence-corrected chi connectivity index (χ2v) is 7.84. The third-order valence-corrected chi connectivity index (χ3v) is 5.72. The molecule has 2 aliphatic rings. The molecule has 2 aromatic heterocycles. The molecule has 1 aliphatic heterocycles. The highest BCUT2D eigenvalue weighted by Crippen LogP contribution is 2.40. The Labute approximate surface area is 173 Å². The van der Waals surface area contributed by atoms with E-state index in [1.807, 2.05) is 16.9 Å². The highest BCUT2D eigenvalue weighted by molar-refractivity contribution is 6.00. The maximum atomic E-state index is 11.7. The summed E-state index contributed by atoms with van der Waals surface area (Å²) in [6.07, 6.45) is 6.19. The first-order valence-corrected chi connectivity index (χ1v) is 10.3. The average Bonchev–Trinajstić information content (AvgIpc) is 3.54. The van der Waals surface area contributed by atoms with Crippen LogP contribution >= 0.6 is 0 Å². The number of primary amides is 1. The monoisotopic (exact) mass is 408 g/mol. The molecule has 1 aliphatic carbocycles. The van der Waals surface area contributed by atoms with Gasteiger partial charge in [-0.15, -0.1) is 0 Å². The van der Waals surface area contributed by atoms with Crippen molar-refractivity contribution in [3.8, 4) is 17.4 Å². The van der Waals surface area contributed by atoms with Crippen LogP contribution in [0.3, 0.4) is 0 Å². The van der Waals surface area contributed by atoms with Crippen molar-refractivity contribution in [1.82, 2.24) is 14.8 Å². The minimum Gasteiger partial charge on any atom is -0.496 e. The van der Waals surface area contributed by atoms with E-state index in [-0.39, 0.29) is 0 Å². The minimum atomic E-state index is -0.539. The van der Waals surface area contributed by atoms with E-state index in [4.69, 9.17) is 25.0 Å². The molecular formula is C22H24N4O4. The van der Waals surface area contributed by atoms with Gasteiger partial charge in [-0.2, -0.15) is 5.10 Å². The summed E-state index contributed by atoms with van der Waals surface area (Å²) in [7, 11) is 1.50. The fourth-order valence-corrected chi connectivity index (χ4v) is 3.91. The van der Waals surface area contributed by atoms with Crippen LogP contribution in [0.2, 0.25) is 0 Å². The highest BCUT2D eigenvalue weighted by Gasteiger charge is 2.30. The molecule has 2 N–H and O–H groups in total. The van der Waals surface area contributed by atoms with E-state index in [1.165, 1.54) is 7.11 Å². The predicted octanol–water partition coefficient (Wildman–Crippen LogP) is 3.56. The SMILES string of the molecule is COc1cc2nc(Oc3cn(C4CC4)nc3C3CCOCC3)ccc2cc1C(N)=O. The maximum absolute atomic E-state index is 11.7. The summed E-state index contributed by atoms with van der Waals surface area (Å²) in [5, 5.41) is 5.64. The Balaban J connectivity index is 1.49. The number of aromatic nitrogens is 3. The average molecular weight is 408 g/mol. The Kier molecular flexibility index (Phi) is 4.78. The van der Waals surface area contributed by atoms with Crippen LogP contribution in [0.15, 0.2) is 30.5 Å². The lowest BCUT2D eigenvalue weighted by Gasteiger charge is -2.21. The molecule has 3 aromatic rings. The first-order valence-electron chi connectivity index (χ1n) is 10.3. The number of pyridine rings is 1. The van der Waals surface area contributed by atoms with Crippen LogP contribution in [-0.4, -0.2) is 41.0 Å². The number of nitrogens with zero attached hydrogens (tertiary/aromatic N) is 3. The lowest BCUT2D eigenvalue weighted by molar-refractivity contribution is 0.0839. The Bertz CT molecular complexity index is 1100. The molecule has 1 aromatic carbocycles. The number of nitrogens with two attached hydrogens (primary N) is 1. The smallest absolute Gasteiger partial charge is 0.252 e. The lowest BCUT2D eigenvalue weighted by atomic mass is 9.96. The largest absolute Gasteiger partial charge is 0.496 e. The lowest BCUT2D eigenvalue weighted by Crippen LogP contribution is -2.15. The number of fused-ring (bicyclic) bond motifs is 1. The predicted molar refractivity (Wildman–Crippen MR) is 110 cm³/mol. The molecule has 3 heterocycles. The van der Waals surface area contributed by atoms with Crippen LogP contribution in [0, 0.1) is 0 Å². The van der Waals surface area contributed by atoms with Gasteiger partial charge < -0.3 is 19.9 Å². The van der Waals surface area contributed by atoms with Gasteiger partial charge in [0.2, 0.25) is 5.88 Å². The van der Waals surface area contributed by atoms with Crippen molar-refractivity contribution in [3.63, 3.8) is 0 Å². The van der Waals surface area contributed by atoms with E-state index in [0.717, 1.165) is 55.7 Å². The van der Waals surface area contributed by atoms with Gasteiger partial charge in [-0.1, -0.05) is 0 Å². The molecule has 0 unspecified atom stereocenters. The third-order valence-electron chi connectivity index (χ3n) is 5.72. The zero-order valence-corrected chi connectivity index (χ0v) is 16.8. The maximum Gasteiger partial charge on any atom is 0.252 e. The first kappa shape index (κ1) is 18.9. The number of carbonyl (C=O) groups is 1. The quantitative estimate of drug-likeness (QED) is 0.669. The number of methoxy groups -OCH3 is 1. The molecule has 0 atom stereocenters. The van der Waals surface area contributed by atoms with Gasteiger partial charge in [0, 0.05) is 36.7 Å². The molecule has 8 nitrogen and oxygen atoms in total. The Morgan fingerprint density at radius 2 is 1.97 bits per heavy atom. The number of benzene rings is 1. The van der Waals surface area contributed by atoms with E-state index in [2.05, 4.69) is 4.98 Å². The molecule has 1 saturated carbocycles. The topological polar surface area (TPSA) is 101 Å². The Morgan fingerprint density at radius 1 is 1.17 bits per heavy atom. The van der Waals surface area contributed by atoms with Gasteiger partial charge in [0.05, 0.1) is 30.4 Å². The number of hydrogen-bond donors (Lipinski definition) is 1. The van der Waals surface area contributed by atoms with Crippen molar-refractivity contribution in [3.05, 3.63) is 41.7 Å². The molecule has 0 bridgehead atoms. The zero-order valence-electron chi connectivity index (χ0n) is 16.8. The van der Waals surface area contributed by atoms with E-state index in [9.17, 15) is 4.79 Å². The zero-order chi connectivity index (χ0) is 20.7. The third kappa shape index (κ3) is 3.59. The van der Waals surface area contributed by atoms with E-state index in [1.54, 1.807) is 18.2 Å². The van der Waals surface area contributed by atoms with Crippen molar-refractivity contribution >= 4 is 16.8 Å². The van der Waals surface area contributed by atoms with Crippen molar-refractivity contribution in [1.29, 1.82) is 0 Å². The number of ether oxygens (including phenoxy) is 3. The molecule has 0 spiro atoms. The molecule has 2 fully saturated rings. The van der Waals surface area contributed by atoms with Gasteiger partial charge in [-0.05, 0) is 37.8 Å². The molecule has 1 amide bonds. The van der Waals surface area contributed by atoms with E-state index >= 15 is 0 Å². The molecule has 8 heteroatoms. The molecule has 5 rings (SSSR count). The number of amides is 1. The standard InChI is InChI=1S/C22H24N4O4/c1-28-18-11-17-14(10-16(18)22(23)27)2-5-20(24-17)30-19-12-26(15-3-4-15)25-21(19)13-6-8-29-9-7-13/h2,5,10-13,15H,3-4,6-9H2,1H3,(H2,23,27). The van der Waals surface area contributed by atoms with Crippen molar-refractivity contribution < 1.29 is 19.0 Å². The molecule has 1 saturated heterocycles. The highest BCUT2D eigenvalue weighted by atomic mass is 16.5. The second kappa shape index (κ2) is 7.60. The van der Waals surface area contributed by atoms with E-state index < -0.39 is 5.91 Å². The van der Waals surface area contributed by atoms with Crippen LogP contribution in [0.25, 0.3) is 10.9 Å². The summed E-state index contributed by atoms with van der Waals surface area (Å²) in [5.41, 5.74) is 7.42. The summed E-state index contributed by atoms with van der Waals surface area (Å²) in [4.78, 5) is 16.3. The van der Waals surface area contributed by atoms with Crippen molar-refractivity contribution in [2.24, 2.45) is 5.73 Å². The van der Waals surface area contributed by atoms with Gasteiger partial charge in [0.25, 0.3) is 5.91 Å². The molecular weight excluding hydrogens is 384 g/mol. The summed E-state index contributed by atoms with van der Waals surface area (Å²) in [6.45, 7) is 1.49. The summed E-state index contributed by atoms with van der Waals surface area (Å²) in [5.74, 6) is 1.40. The normalized spacial score (nSPS) is 17.2. The molecule has 30 heavy (non-hydrogen) atoms. The van der Waals surface area contributed by atoms with Crippen LogP contribution in [0.5, 0.6) is 17.4 Å². The summed E-state index contributed by atoms with van der Waals surface area (Å²) >= 11 is 0. The summed E-state index contributed by atoms with van der Waals surface area (Å²) < 4.78 is 19.1. The van der Waals surface area contributed by atoms with Crippen molar-refractivity contribution in [2.75, 3.05) is 20.3 Å². The van der Waals surface area contributed by atoms with Gasteiger partial charge in [0.1, 0.15) is 11.4 Å². The van der Waals surface area contributed by atoms with Crippen LogP contribution in [0.1, 0.15) is 53.7 Å². The fraction of sp³-hybridized carbons (Fsp3) is 0.409. The van der Waals surface area contributed by atoms with Crippen LogP contribution in [0.4, 0.5) is 0 Å². The first-order chi connectivity index (χ1) is 14.6. The second-order valence-electron chi connectivity index (χ2n) is 7.84. The van der Waals surface area contributed by atoms with Crippen molar-refractivity contribution in [2.45, 2.75) is 37.6 Å². The number of hydrogen-bond acceptors (Lipinski definition) is 6. The van der Waals surface area contributed by atoms with Crippen LogP contribution in [-0.2, 0) is 4.74 Å². The fourth-order valence-electron chi connectivity index (χ4n) is 3.91. The number of carbonyl (C=O) groups excluding carboxylic acids is 1. The Morgan fingerprint density at radius 3 is 2.67 bits per heavy atom. The van der Waals surface area contributed by atoms with Gasteiger partial charge >= 0.3 is 0 Å². The number of rotatable bonds is 6. The Hall–Kier alpha value is -3.13. The van der Waals surface area contributed by atoms with Gasteiger partial charge in [-0.3, -0.25) is 9.48 Å². The minimum absolute atomic E-state index is 0.326.